The van der Waals surface area contributed by atoms with Gasteiger partial charge in [0.2, 0.25) is 5.91 Å². The van der Waals surface area contributed by atoms with Crippen molar-refractivity contribution in [1.82, 2.24) is 14.8 Å². The van der Waals surface area contributed by atoms with Crippen molar-refractivity contribution < 1.29 is 4.79 Å². The lowest BCUT2D eigenvalue weighted by Gasteiger charge is -2.21. The first-order chi connectivity index (χ1) is 13.7. The van der Waals surface area contributed by atoms with Crippen LogP contribution in [0.1, 0.15) is 33.3 Å². The first-order valence-corrected chi connectivity index (χ1v) is 10.6. The van der Waals surface area contributed by atoms with Crippen LogP contribution in [0.4, 0.5) is 5.69 Å². The van der Waals surface area contributed by atoms with E-state index in [0.29, 0.717) is 0 Å². The standard InChI is InChI=1S/C23H28N4OS/c1-16(21(28)26(5)19-10-8-7-9-11-19)29-22-25-24-20(27(22)6)17-12-14-18(15-13-17)23(2,3)4/h7-16H,1-6H3. The highest BCUT2D eigenvalue weighted by molar-refractivity contribution is 8.00. The van der Waals surface area contributed by atoms with Gasteiger partial charge < -0.3 is 9.47 Å². The number of carbonyl (C=O) groups excluding carboxylic acids is 1. The molecule has 3 rings (SSSR count). The number of benzene rings is 2. The zero-order valence-corrected chi connectivity index (χ0v) is 18.7. The molecule has 6 heteroatoms. The maximum atomic E-state index is 12.8. The third-order valence-corrected chi connectivity index (χ3v) is 6.07. The van der Waals surface area contributed by atoms with Crippen LogP contribution in [0.25, 0.3) is 11.4 Å². The van der Waals surface area contributed by atoms with E-state index in [2.05, 4.69) is 55.2 Å². The van der Waals surface area contributed by atoms with Gasteiger partial charge in [-0.2, -0.15) is 0 Å². The molecule has 1 atom stereocenters. The van der Waals surface area contributed by atoms with Gasteiger partial charge in [0.1, 0.15) is 0 Å². The summed E-state index contributed by atoms with van der Waals surface area (Å²) in [6.07, 6.45) is 0. The lowest BCUT2D eigenvalue weighted by Crippen LogP contribution is -2.33. The number of hydrogen-bond donors (Lipinski definition) is 0. The Kier molecular flexibility index (Phi) is 6.13. The van der Waals surface area contributed by atoms with Crippen LogP contribution in [0.15, 0.2) is 59.8 Å². The summed E-state index contributed by atoms with van der Waals surface area (Å²) in [6.45, 7) is 8.50. The molecule has 1 unspecified atom stereocenters. The van der Waals surface area contributed by atoms with Crippen molar-refractivity contribution in [2.45, 2.75) is 43.5 Å². The number of para-hydroxylation sites is 1. The first-order valence-electron chi connectivity index (χ1n) is 9.68. The second kappa shape index (κ2) is 8.41. The van der Waals surface area contributed by atoms with Crippen LogP contribution >= 0.6 is 11.8 Å². The number of amides is 1. The highest BCUT2D eigenvalue weighted by Gasteiger charge is 2.23. The Bertz CT molecular complexity index is 974. The van der Waals surface area contributed by atoms with Gasteiger partial charge in [-0.05, 0) is 30.0 Å². The first kappa shape index (κ1) is 21.1. The van der Waals surface area contributed by atoms with Crippen molar-refractivity contribution in [3.8, 4) is 11.4 Å². The van der Waals surface area contributed by atoms with Crippen molar-refractivity contribution in [3.63, 3.8) is 0 Å². The third-order valence-electron chi connectivity index (χ3n) is 4.95. The van der Waals surface area contributed by atoms with Gasteiger partial charge in [-0.15, -0.1) is 10.2 Å². The Labute approximate surface area is 177 Å². The fourth-order valence-corrected chi connectivity index (χ4v) is 3.96. The molecule has 3 aromatic rings. The van der Waals surface area contributed by atoms with Crippen molar-refractivity contribution in [3.05, 3.63) is 60.2 Å². The maximum absolute atomic E-state index is 12.8. The molecule has 152 valence electrons. The molecular formula is C23H28N4OS. The Morgan fingerprint density at radius 3 is 2.24 bits per heavy atom. The summed E-state index contributed by atoms with van der Waals surface area (Å²) >= 11 is 1.42. The molecule has 0 radical (unpaired) electrons. The van der Waals surface area contributed by atoms with Gasteiger partial charge in [0.15, 0.2) is 11.0 Å². The second-order valence-corrected chi connectivity index (χ2v) is 9.49. The molecule has 0 fully saturated rings. The van der Waals surface area contributed by atoms with E-state index < -0.39 is 0 Å². The molecule has 2 aromatic carbocycles. The fraction of sp³-hybridized carbons (Fsp3) is 0.348. The van der Waals surface area contributed by atoms with Crippen LogP contribution in [0.5, 0.6) is 0 Å². The van der Waals surface area contributed by atoms with Crippen LogP contribution in [0, 0.1) is 0 Å². The lowest BCUT2D eigenvalue weighted by molar-refractivity contribution is -0.117. The van der Waals surface area contributed by atoms with E-state index >= 15 is 0 Å². The van der Waals surface area contributed by atoms with Crippen LogP contribution in [-0.4, -0.2) is 33.0 Å². The van der Waals surface area contributed by atoms with Crippen molar-refractivity contribution in [1.29, 1.82) is 0 Å². The van der Waals surface area contributed by atoms with Crippen LogP contribution in [0.3, 0.4) is 0 Å². The zero-order valence-electron chi connectivity index (χ0n) is 17.9. The third kappa shape index (κ3) is 4.70. The molecule has 1 heterocycles. The topological polar surface area (TPSA) is 51.0 Å². The van der Waals surface area contributed by atoms with Crippen molar-refractivity contribution in [2.75, 3.05) is 11.9 Å². The Balaban J connectivity index is 1.75. The minimum Gasteiger partial charge on any atom is -0.315 e. The smallest absolute Gasteiger partial charge is 0.240 e. The van der Waals surface area contributed by atoms with Gasteiger partial charge in [0.05, 0.1) is 5.25 Å². The van der Waals surface area contributed by atoms with Crippen molar-refractivity contribution in [2.24, 2.45) is 7.05 Å². The summed E-state index contributed by atoms with van der Waals surface area (Å²) in [7, 11) is 3.74. The Morgan fingerprint density at radius 1 is 1.03 bits per heavy atom. The lowest BCUT2D eigenvalue weighted by atomic mass is 9.87. The summed E-state index contributed by atoms with van der Waals surface area (Å²) < 4.78 is 1.95. The van der Waals surface area contributed by atoms with E-state index in [4.69, 9.17) is 0 Å². The molecule has 0 N–H and O–H groups in total. The quantitative estimate of drug-likeness (QED) is 0.562. The number of nitrogens with zero attached hydrogens (tertiary/aromatic N) is 4. The zero-order chi connectivity index (χ0) is 21.2. The molecule has 0 saturated heterocycles. The molecule has 0 saturated carbocycles. The number of aromatic nitrogens is 3. The number of anilines is 1. The van der Waals surface area contributed by atoms with E-state index in [-0.39, 0.29) is 16.6 Å². The summed E-state index contributed by atoms with van der Waals surface area (Å²) in [5.41, 5.74) is 3.28. The summed E-state index contributed by atoms with van der Waals surface area (Å²) in [5.74, 6) is 0.823. The Hall–Kier alpha value is -2.60. The van der Waals surface area contributed by atoms with Crippen LogP contribution in [0.2, 0.25) is 0 Å². The molecule has 0 aliphatic heterocycles. The van der Waals surface area contributed by atoms with Crippen LogP contribution in [-0.2, 0) is 17.3 Å². The number of rotatable bonds is 5. The molecule has 1 aromatic heterocycles. The van der Waals surface area contributed by atoms with E-state index in [0.717, 1.165) is 22.2 Å². The van der Waals surface area contributed by atoms with Gasteiger partial charge in [0, 0.05) is 25.3 Å². The van der Waals surface area contributed by atoms with Gasteiger partial charge in [-0.1, -0.05) is 75.0 Å². The number of hydrogen-bond acceptors (Lipinski definition) is 4. The predicted molar refractivity (Wildman–Crippen MR) is 120 cm³/mol. The maximum Gasteiger partial charge on any atom is 0.240 e. The number of carbonyl (C=O) groups is 1. The molecular weight excluding hydrogens is 380 g/mol. The minimum atomic E-state index is -0.278. The summed E-state index contributed by atoms with van der Waals surface area (Å²) in [6, 6.07) is 18.1. The largest absolute Gasteiger partial charge is 0.315 e. The van der Waals surface area contributed by atoms with Gasteiger partial charge in [-0.25, -0.2) is 0 Å². The monoisotopic (exact) mass is 408 g/mol. The predicted octanol–water partition coefficient (Wildman–Crippen LogP) is 4.92. The van der Waals surface area contributed by atoms with E-state index in [1.807, 2.05) is 48.9 Å². The fourth-order valence-electron chi connectivity index (χ4n) is 3.05. The normalized spacial score (nSPS) is 12.6. The van der Waals surface area contributed by atoms with Gasteiger partial charge in [0.25, 0.3) is 0 Å². The molecule has 0 aliphatic carbocycles. The minimum absolute atomic E-state index is 0.0280. The van der Waals surface area contributed by atoms with E-state index in [9.17, 15) is 4.79 Å². The second-order valence-electron chi connectivity index (χ2n) is 8.19. The average Bonchev–Trinajstić information content (AvgIpc) is 3.07. The molecule has 0 bridgehead atoms. The molecule has 29 heavy (non-hydrogen) atoms. The Morgan fingerprint density at radius 2 is 1.66 bits per heavy atom. The molecule has 1 amide bonds. The SMILES string of the molecule is CC(Sc1nnc(-c2ccc(C(C)(C)C)cc2)n1C)C(=O)N(C)c1ccccc1. The van der Waals surface area contributed by atoms with Crippen molar-refractivity contribution >= 4 is 23.4 Å². The molecule has 0 aliphatic rings. The van der Waals surface area contributed by atoms with E-state index in [1.165, 1.54) is 17.3 Å². The summed E-state index contributed by atoms with van der Waals surface area (Å²) in [5, 5.41) is 9.13. The highest BCUT2D eigenvalue weighted by Crippen LogP contribution is 2.29. The van der Waals surface area contributed by atoms with E-state index in [1.54, 1.807) is 11.9 Å². The summed E-state index contributed by atoms with van der Waals surface area (Å²) in [4.78, 5) is 14.5. The highest BCUT2D eigenvalue weighted by atomic mass is 32.2. The van der Waals surface area contributed by atoms with Gasteiger partial charge >= 0.3 is 0 Å². The average molecular weight is 409 g/mol. The molecule has 0 spiro atoms. The number of thioether (sulfide) groups is 1. The van der Waals surface area contributed by atoms with Crippen LogP contribution < -0.4 is 4.90 Å². The molecule has 5 nitrogen and oxygen atoms in total. The van der Waals surface area contributed by atoms with Gasteiger partial charge in [-0.3, -0.25) is 4.79 Å².